The molecule has 3 heterocycles. The first-order valence-corrected chi connectivity index (χ1v) is 16.4. The highest BCUT2D eigenvalue weighted by Gasteiger charge is 2.31. The molecule has 0 saturated carbocycles. The molecule has 0 aliphatic carbocycles. The first-order valence-electron chi connectivity index (χ1n) is 14.1. The molecule has 0 radical (unpaired) electrons. The summed E-state index contributed by atoms with van der Waals surface area (Å²) in [7, 11) is -2.14. The van der Waals surface area contributed by atoms with Crippen molar-refractivity contribution in [2.45, 2.75) is 24.7 Å². The van der Waals surface area contributed by atoms with Crippen LogP contribution in [-0.2, 0) is 21.2 Å². The number of carbonyl (C=O) groups excluding carboxylic acids is 1. The molecule has 0 N–H and O–H groups in total. The van der Waals surface area contributed by atoms with Crippen LogP contribution in [-0.4, -0.2) is 77.3 Å². The van der Waals surface area contributed by atoms with Gasteiger partial charge in [-0.25, -0.2) is 13.4 Å². The number of ether oxygens (including phenoxy) is 2. The van der Waals surface area contributed by atoms with Crippen molar-refractivity contribution in [2.24, 2.45) is 0 Å². The van der Waals surface area contributed by atoms with E-state index in [0.29, 0.717) is 41.6 Å². The maximum Gasteiger partial charge on any atom is 0.264 e. The zero-order valence-corrected chi connectivity index (χ0v) is 26.6. The van der Waals surface area contributed by atoms with Crippen LogP contribution in [0.15, 0.2) is 65.6 Å². The van der Waals surface area contributed by atoms with Crippen molar-refractivity contribution >= 4 is 60.7 Å². The van der Waals surface area contributed by atoms with Crippen molar-refractivity contribution in [3.63, 3.8) is 0 Å². The van der Waals surface area contributed by atoms with Gasteiger partial charge >= 0.3 is 0 Å². The van der Waals surface area contributed by atoms with Crippen molar-refractivity contribution in [1.82, 2.24) is 9.88 Å². The van der Waals surface area contributed by atoms with Gasteiger partial charge in [0.25, 0.3) is 15.9 Å². The molecule has 0 spiro atoms. The van der Waals surface area contributed by atoms with Gasteiger partial charge in [-0.1, -0.05) is 35.6 Å². The number of anilines is 2. The average molecular weight is 643 g/mol. The number of amides is 1. The minimum atomic E-state index is -3.75. The lowest BCUT2D eigenvalue weighted by Gasteiger charge is -2.27. The Hall–Kier alpha value is -3.22. The number of hydrogen-bond donors (Lipinski definition) is 0. The summed E-state index contributed by atoms with van der Waals surface area (Å²) in [6.45, 7) is 6.93. The summed E-state index contributed by atoms with van der Waals surface area (Å²) in [5, 5.41) is 0.593. The van der Waals surface area contributed by atoms with Gasteiger partial charge in [0.05, 0.1) is 35.6 Å². The van der Waals surface area contributed by atoms with Gasteiger partial charge in [-0.3, -0.25) is 18.9 Å². The Morgan fingerprint density at radius 2 is 1.79 bits per heavy atom. The lowest BCUT2D eigenvalue weighted by Crippen LogP contribution is -2.39. The molecular weight excluding hydrogens is 608 g/mol. The summed E-state index contributed by atoms with van der Waals surface area (Å²) in [6.07, 6.45) is 1.44. The lowest BCUT2D eigenvalue weighted by molar-refractivity contribution is 0.0376. The average Bonchev–Trinajstić information content (AvgIpc) is 3.66. The molecule has 3 aromatic carbocycles. The highest BCUT2D eigenvalue weighted by atomic mass is 35.5. The first kappa shape index (κ1) is 31.2. The third-order valence-electron chi connectivity index (χ3n) is 7.88. The molecule has 1 amide bonds. The molecule has 1 saturated heterocycles. The van der Waals surface area contributed by atoms with Gasteiger partial charge < -0.3 is 9.47 Å². The number of para-hydroxylation sites is 1. The first-order chi connectivity index (χ1) is 20.4. The van der Waals surface area contributed by atoms with E-state index in [1.807, 2.05) is 43.3 Å². The normalized spacial score (nSPS) is 15.3. The number of sulfonamides is 1. The number of carbonyl (C=O) groups is 1. The smallest absolute Gasteiger partial charge is 0.264 e. The van der Waals surface area contributed by atoms with E-state index < -0.39 is 10.0 Å². The monoisotopic (exact) mass is 642 g/mol. The van der Waals surface area contributed by atoms with Crippen LogP contribution in [0.25, 0.3) is 10.2 Å². The molecule has 6 rings (SSSR count). The number of aryl methyl sites for hydroxylation is 1. The molecule has 43 heavy (non-hydrogen) atoms. The van der Waals surface area contributed by atoms with Crippen LogP contribution in [0.3, 0.4) is 0 Å². The maximum absolute atomic E-state index is 14.0. The fraction of sp³-hybridized carbons (Fsp3) is 0.355. The van der Waals surface area contributed by atoms with Crippen molar-refractivity contribution in [3.8, 4) is 5.75 Å². The van der Waals surface area contributed by atoms with Crippen molar-refractivity contribution < 1.29 is 22.7 Å². The van der Waals surface area contributed by atoms with E-state index in [1.54, 1.807) is 24.1 Å². The van der Waals surface area contributed by atoms with Crippen LogP contribution in [0.5, 0.6) is 5.75 Å². The Morgan fingerprint density at radius 1 is 1.05 bits per heavy atom. The summed E-state index contributed by atoms with van der Waals surface area (Å²) in [5.41, 5.74) is 3.93. The maximum atomic E-state index is 14.0. The van der Waals surface area contributed by atoms with E-state index in [2.05, 4.69) is 4.90 Å². The highest BCUT2D eigenvalue weighted by molar-refractivity contribution is 7.92. The second-order valence-electron chi connectivity index (χ2n) is 10.5. The molecule has 0 unspecified atom stereocenters. The Bertz CT molecular complexity index is 1710. The van der Waals surface area contributed by atoms with E-state index in [9.17, 15) is 13.2 Å². The molecule has 1 fully saturated rings. The molecule has 2 aliphatic heterocycles. The number of morpholine rings is 1. The number of aromatic nitrogens is 1. The number of nitrogens with zero attached hydrogens (tertiary/aromatic N) is 4. The molecule has 12 heteroatoms. The number of methoxy groups -OCH3 is 1. The van der Waals surface area contributed by atoms with E-state index in [-0.39, 0.29) is 23.2 Å². The summed E-state index contributed by atoms with van der Waals surface area (Å²) >= 11 is 1.47. The number of halogens is 1. The van der Waals surface area contributed by atoms with Gasteiger partial charge in [0, 0.05) is 38.3 Å². The van der Waals surface area contributed by atoms with E-state index in [4.69, 9.17) is 14.5 Å². The number of benzene rings is 3. The van der Waals surface area contributed by atoms with Crippen molar-refractivity contribution in [1.29, 1.82) is 0 Å². The molecular formula is C31H35ClN4O5S2. The highest BCUT2D eigenvalue weighted by Crippen LogP contribution is 2.37. The van der Waals surface area contributed by atoms with Crippen LogP contribution < -0.4 is 13.9 Å². The van der Waals surface area contributed by atoms with Gasteiger partial charge in [0.1, 0.15) is 11.3 Å². The Balaban J connectivity index is 0.00000368. The fourth-order valence-corrected chi connectivity index (χ4v) is 8.13. The summed E-state index contributed by atoms with van der Waals surface area (Å²) < 4.78 is 40.5. The van der Waals surface area contributed by atoms with Crippen molar-refractivity contribution in [2.75, 3.05) is 62.3 Å². The molecule has 228 valence electrons. The Labute approximate surface area is 262 Å². The third kappa shape index (κ3) is 6.23. The summed E-state index contributed by atoms with van der Waals surface area (Å²) in [5.74, 6) is 0.444. The van der Waals surface area contributed by atoms with Gasteiger partial charge in [-0.2, -0.15) is 0 Å². The largest absolute Gasteiger partial charge is 0.494 e. The van der Waals surface area contributed by atoms with Crippen LogP contribution in [0.2, 0.25) is 0 Å². The second kappa shape index (κ2) is 13.2. The van der Waals surface area contributed by atoms with Crippen LogP contribution in [0, 0.1) is 6.92 Å². The minimum Gasteiger partial charge on any atom is -0.494 e. The van der Waals surface area contributed by atoms with E-state index >= 15 is 0 Å². The van der Waals surface area contributed by atoms with E-state index in [0.717, 1.165) is 60.6 Å². The standard InChI is InChI=1S/C31H34N4O5S2.ClH/c1-22-8-13-27(39-2)28-29(22)41-31(32-28)34(16-5-15-33-18-20-40-21-19-33)30(36)24-9-11-25(12-10-24)42(37,38)35-17-14-23-6-3-4-7-26(23)35;/h3-4,6-13H,5,14-21H2,1-2H3;1H. The quantitative estimate of drug-likeness (QED) is 0.249. The fourth-order valence-electron chi connectivity index (χ4n) is 5.55. The molecule has 1 aromatic heterocycles. The van der Waals surface area contributed by atoms with Gasteiger partial charge in [-0.05, 0) is 67.3 Å². The topological polar surface area (TPSA) is 92.3 Å². The van der Waals surface area contributed by atoms with Crippen LogP contribution in [0.4, 0.5) is 10.8 Å². The van der Waals surface area contributed by atoms with Gasteiger partial charge in [-0.15, -0.1) is 12.4 Å². The number of hydrogen-bond acceptors (Lipinski definition) is 8. The molecule has 0 atom stereocenters. The molecule has 0 bridgehead atoms. The third-order valence-corrected chi connectivity index (χ3v) is 10.9. The SMILES string of the molecule is COc1ccc(C)c2sc(N(CCCN3CCOCC3)C(=O)c3ccc(S(=O)(=O)N4CCc5ccccc54)cc3)nc12.Cl. The zero-order valence-electron chi connectivity index (χ0n) is 24.2. The summed E-state index contributed by atoms with van der Waals surface area (Å²) in [4.78, 5) is 23.1. The van der Waals surface area contributed by atoms with Crippen molar-refractivity contribution in [3.05, 3.63) is 77.4 Å². The van der Waals surface area contributed by atoms with E-state index in [1.165, 1.54) is 27.8 Å². The van der Waals surface area contributed by atoms with Gasteiger partial charge in [0.2, 0.25) is 0 Å². The van der Waals surface area contributed by atoms with Crippen LogP contribution >= 0.6 is 23.7 Å². The molecule has 9 nitrogen and oxygen atoms in total. The lowest BCUT2D eigenvalue weighted by atomic mass is 10.2. The summed E-state index contributed by atoms with van der Waals surface area (Å²) in [6, 6.07) is 17.7. The predicted octanol–water partition coefficient (Wildman–Crippen LogP) is 5.16. The zero-order chi connectivity index (χ0) is 29.3. The number of rotatable bonds is 9. The number of fused-ring (bicyclic) bond motifs is 2. The predicted molar refractivity (Wildman–Crippen MR) is 173 cm³/mol. The van der Waals surface area contributed by atoms with Crippen LogP contribution in [0.1, 0.15) is 27.9 Å². The van der Waals surface area contributed by atoms with Gasteiger partial charge in [0.15, 0.2) is 5.13 Å². The number of thiazole rings is 1. The minimum absolute atomic E-state index is 0. The Morgan fingerprint density at radius 3 is 2.53 bits per heavy atom. The molecule has 4 aromatic rings. The second-order valence-corrected chi connectivity index (χ2v) is 13.3. The Kier molecular flexibility index (Phi) is 9.57. The molecule has 2 aliphatic rings.